The van der Waals surface area contributed by atoms with Crippen molar-refractivity contribution in [3.8, 4) is 0 Å². The van der Waals surface area contributed by atoms with Gasteiger partial charge >= 0.3 is 5.97 Å². The van der Waals surface area contributed by atoms with Gasteiger partial charge in [0.1, 0.15) is 5.69 Å². The third-order valence-electron chi connectivity index (χ3n) is 2.84. The number of ether oxygens (including phenoxy) is 1. The van der Waals surface area contributed by atoms with Gasteiger partial charge in [-0.1, -0.05) is 6.92 Å². The van der Waals surface area contributed by atoms with E-state index in [1.54, 1.807) is 25.3 Å². The van der Waals surface area contributed by atoms with Crippen LogP contribution in [0.5, 0.6) is 0 Å². The fourth-order valence-corrected chi connectivity index (χ4v) is 3.03. The van der Waals surface area contributed by atoms with Crippen molar-refractivity contribution in [2.24, 2.45) is 0 Å². The summed E-state index contributed by atoms with van der Waals surface area (Å²) in [5.74, 6) is -0.468. The molecule has 6 heteroatoms. The minimum atomic E-state index is -3.32. The molecule has 0 N–H and O–H groups in total. The van der Waals surface area contributed by atoms with Gasteiger partial charge in [-0.05, 0) is 26.8 Å². The lowest BCUT2D eigenvalue weighted by Gasteiger charge is -2.07. The standard InChI is InChI=1S/C12H19NO4S/c1-5-13-9(4)11(18(15,16)7-3)8-10(13)12(14)17-6-2/h8H,5-7H2,1-4H3. The number of hydrogen-bond donors (Lipinski definition) is 0. The average Bonchev–Trinajstić information content (AvgIpc) is 2.67. The van der Waals surface area contributed by atoms with E-state index in [1.807, 2.05) is 6.92 Å². The molecule has 0 fully saturated rings. The Kier molecular flexibility index (Phi) is 4.56. The first-order valence-corrected chi connectivity index (χ1v) is 7.64. The van der Waals surface area contributed by atoms with E-state index in [2.05, 4.69) is 0 Å². The van der Waals surface area contributed by atoms with Crippen LogP contribution in [0.1, 0.15) is 37.0 Å². The molecule has 0 unspecified atom stereocenters. The van der Waals surface area contributed by atoms with E-state index >= 15 is 0 Å². The van der Waals surface area contributed by atoms with Gasteiger partial charge in [0.15, 0.2) is 9.84 Å². The predicted octanol–water partition coefficient (Wildman–Crippen LogP) is 1.79. The van der Waals surface area contributed by atoms with Crippen molar-refractivity contribution >= 4 is 15.8 Å². The van der Waals surface area contributed by atoms with Crippen LogP contribution in [0, 0.1) is 6.92 Å². The molecule has 1 rings (SSSR count). The molecule has 0 aliphatic carbocycles. The van der Waals surface area contributed by atoms with E-state index in [9.17, 15) is 13.2 Å². The molecule has 0 aliphatic heterocycles. The van der Waals surface area contributed by atoms with E-state index in [4.69, 9.17) is 4.74 Å². The number of nitrogens with zero attached hydrogens (tertiary/aromatic N) is 1. The summed E-state index contributed by atoms with van der Waals surface area (Å²) in [6, 6.07) is 1.41. The van der Waals surface area contributed by atoms with E-state index in [0.29, 0.717) is 17.9 Å². The molecule has 0 bridgehead atoms. The molecule has 0 aromatic carbocycles. The second-order valence-electron chi connectivity index (χ2n) is 3.85. The van der Waals surface area contributed by atoms with Gasteiger partial charge in [0.25, 0.3) is 0 Å². The maximum absolute atomic E-state index is 11.9. The molecule has 102 valence electrons. The first kappa shape index (κ1) is 14.8. The molecule has 18 heavy (non-hydrogen) atoms. The summed E-state index contributed by atoms with van der Waals surface area (Å²) in [5.41, 5.74) is 0.881. The average molecular weight is 273 g/mol. The lowest BCUT2D eigenvalue weighted by molar-refractivity contribution is 0.0513. The van der Waals surface area contributed by atoms with E-state index in [-0.39, 0.29) is 17.3 Å². The summed E-state index contributed by atoms with van der Waals surface area (Å²) < 4.78 is 30.4. The zero-order valence-electron chi connectivity index (χ0n) is 11.2. The number of sulfone groups is 1. The van der Waals surface area contributed by atoms with Crippen molar-refractivity contribution < 1.29 is 17.9 Å². The molecule has 0 atom stereocenters. The van der Waals surface area contributed by atoms with Crippen molar-refractivity contribution in [1.29, 1.82) is 0 Å². The third kappa shape index (κ3) is 2.58. The van der Waals surface area contributed by atoms with Crippen molar-refractivity contribution in [3.05, 3.63) is 17.5 Å². The van der Waals surface area contributed by atoms with Gasteiger partial charge in [-0.2, -0.15) is 0 Å². The monoisotopic (exact) mass is 273 g/mol. The van der Waals surface area contributed by atoms with Gasteiger partial charge in [0.2, 0.25) is 0 Å². The Labute approximate surface area is 108 Å². The highest BCUT2D eigenvalue weighted by atomic mass is 32.2. The van der Waals surface area contributed by atoms with Crippen LogP contribution in [0.25, 0.3) is 0 Å². The quantitative estimate of drug-likeness (QED) is 0.767. The number of hydrogen-bond acceptors (Lipinski definition) is 4. The Bertz CT molecular complexity index is 543. The fourth-order valence-electron chi connectivity index (χ4n) is 1.87. The van der Waals surface area contributed by atoms with Crippen molar-refractivity contribution in [2.45, 2.75) is 39.1 Å². The number of rotatable bonds is 5. The second-order valence-corrected chi connectivity index (χ2v) is 6.09. The van der Waals surface area contributed by atoms with Gasteiger partial charge in [-0.3, -0.25) is 0 Å². The summed E-state index contributed by atoms with van der Waals surface area (Å²) in [5, 5.41) is 0. The summed E-state index contributed by atoms with van der Waals surface area (Å²) in [4.78, 5) is 12.0. The van der Waals surface area contributed by atoms with E-state index in [1.165, 1.54) is 6.07 Å². The molecular weight excluding hydrogens is 254 g/mol. The molecule has 0 spiro atoms. The molecule has 5 nitrogen and oxygen atoms in total. The van der Waals surface area contributed by atoms with Gasteiger partial charge < -0.3 is 9.30 Å². The molecule has 1 aromatic heterocycles. The Balaban J connectivity index is 3.39. The minimum absolute atomic E-state index is 0.0177. The SMILES string of the molecule is CCOC(=O)c1cc(S(=O)(=O)CC)c(C)n1CC. The highest BCUT2D eigenvalue weighted by Gasteiger charge is 2.24. The minimum Gasteiger partial charge on any atom is -0.461 e. The molecule has 0 radical (unpaired) electrons. The normalized spacial score (nSPS) is 11.6. The van der Waals surface area contributed by atoms with E-state index < -0.39 is 15.8 Å². The number of aromatic nitrogens is 1. The van der Waals surface area contributed by atoms with Gasteiger partial charge in [0, 0.05) is 12.2 Å². The highest BCUT2D eigenvalue weighted by Crippen LogP contribution is 2.22. The van der Waals surface area contributed by atoms with Crippen LogP contribution in [0.2, 0.25) is 0 Å². The van der Waals surface area contributed by atoms with Crippen LogP contribution in [-0.2, 0) is 21.1 Å². The maximum Gasteiger partial charge on any atom is 0.354 e. The molecule has 0 amide bonds. The third-order valence-corrected chi connectivity index (χ3v) is 4.68. The Hall–Kier alpha value is -1.30. The number of esters is 1. The first-order valence-electron chi connectivity index (χ1n) is 5.99. The predicted molar refractivity (Wildman–Crippen MR) is 68.5 cm³/mol. The fraction of sp³-hybridized carbons (Fsp3) is 0.583. The maximum atomic E-state index is 11.9. The molecule has 1 heterocycles. The summed E-state index contributed by atoms with van der Waals surface area (Å²) >= 11 is 0. The Morgan fingerprint density at radius 2 is 1.94 bits per heavy atom. The topological polar surface area (TPSA) is 65.4 Å². The highest BCUT2D eigenvalue weighted by molar-refractivity contribution is 7.91. The first-order chi connectivity index (χ1) is 8.38. The second kappa shape index (κ2) is 5.56. The van der Waals surface area contributed by atoms with Crippen LogP contribution >= 0.6 is 0 Å². The smallest absolute Gasteiger partial charge is 0.354 e. The van der Waals surface area contributed by atoms with Crippen LogP contribution in [0.4, 0.5) is 0 Å². The molecule has 0 saturated carbocycles. The summed E-state index contributed by atoms with van der Waals surface area (Å²) in [6.07, 6.45) is 0. The molecular formula is C12H19NO4S. The van der Waals surface area contributed by atoms with Crippen molar-refractivity contribution in [1.82, 2.24) is 4.57 Å². The summed E-state index contributed by atoms with van der Waals surface area (Å²) in [6.45, 7) is 7.66. The van der Waals surface area contributed by atoms with Gasteiger partial charge in [0.05, 0.1) is 17.3 Å². The molecule has 0 saturated heterocycles. The van der Waals surface area contributed by atoms with Crippen molar-refractivity contribution in [2.75, 3.05) is 12.4 Å². The van der Waals surface area contributed by atoms with Crippen LogP contribution < -0.4 is 0 Å². The Morgan fingerprint density at radius 3 is 2.39 bits per heavy atom. The Morgan fingerprint density at radius 1 is 1.33 bits per heavy atom. The van der Waals surface area contributed by atoms with Crippen LogP contribution in [0.3, 0.4) is 0 Å². The largest absolute Gasteiger partial charge is 0.461 e. The van der Waals surface area contributed by atoms with Gasteiger partial charge in [-0.15, -0.1) is 0 Å². The number of carbonyl (C=O) groups excluding carboxylic acids is 1. The number of carbonyl (C=O) groups is 1. The lowest BCUT2D eigenvalue weighted by atomic mass is 10.4. The molecule has 1 aromatic rings. The summed E-state index contributed by atoms with van der Waals surface area (Å²) in [7, 11) is -3.32. The van der Waals surface area contributed by atoms with Crippen LogP contribution in [-0.4, -0.2) is 31.3 Å². The van der Waals surface area contributed by atoms with Crippen molar-refractivity contribution in [3.63, 3.8) is 0 Å². The van der Waals surface area contributed by atoms with Gasteiger partial charge in [-0.25, -0.2) is 13.2 Å². The van der Waals surface area contributed by atoms with E-state index in [0.717, 1.165) is 0 Å². The molecule has 0 aliphatic rings. The zero-order chi connectivity index (χ0) is 13.9. The zero-order valence-corrected chi connectivity index (χ0v) is 12.0. The lowest BCUT2D eigenvalue weighted by Crippen LogP contribution is -2.12. The van der Waals surface area contributed by atoms with Crippen LogP contribution in [0.15, 0.2) is 11.0 Å².